The van der Waals surface area contributed by atoms with Gasteiger partial charge in [-0.2, -0.15) is 5.10 Å². The van der Waals surface area contributed by atoms with Crippen molar-refractivity contribution in [1.82, 2.24) is 9.78 Å². The van der Waals surface area contributed by atoms with E-state index in [9.17, 15) is 0 Å². The SMILES string of the molecule is CCc1c(C)nn(C2CC(C)CCC2CN)c1C. The summed E-state index contributed by atoms with van der Waals surface area (Å²) < 4.78 is 2.28. The quantitative estimate of drug-likeness (QED) is 0.895. The van der Waals surface area contributed by atoms with Crippen molar-refractivity contribution in [2.75, 3.05) is 6.54 Å². The number of nitrogens with two attached hydrogens (primary N) is 1. The lowest BCUT2D eigenvalue weighted by Gasteiger charge is -2.35. The van der Waals surface area contributed by atoms with Crippen molar-refractivity contribution in [2.24, 2.45) is 17.6 Å². The van der Waals surface area contributed by atoms with Crippen molar-refractivity contribution in [2.45, 2.75) is 59.4 Å². The van der Waals surface area contributed by atoms with Gasteiger partial charge in [-0.1, -0.05) is 20.3 Å². The van der Waals surface area contributed by atoms with Gasteiger partial charge in [-0.3, -0.25) is 4.68 Å². The molecular formula is C15H27N3. The molecule has 102 valence electrons. The van der Waals surface area contributed by atoms with Crippen molar-refractivity contribution in [3.05, 3.63) is 17.0 Å². The van der Waals surface area contributed by atoms with Crippen LogP contribution in [-0.4, -0.2) is 16.3 Å². The number of rotatable bonds is 3. The molecule has 18 heavy (non-hydrogen) atoms. The molecule has 3 unspecified atom stereocenters. The Balaban J connectivity index is 2.33. The molecule has 1 saturated carbocycles. The van der Waals surface area contributed by atoms with Gasteiger partial charge in [-0.25, -0.2) is 0 Å². The first-order valence-corrected chi connectivity index (χ1v) is 7.33. The molecule has 3 heteroatoms. The Labute approximate surface area is 111 Å². The fourth-order valence-corrected chi connectivity index (χ4v) is 3.52. The third-order valence-corrected chi connectivity index (χ3v) is 4.66. The van der Waals surface area contributed by atoms with E-state index >= 15 is 0 Å². The molecule has 1 aliphatic carbocycles. The van der Waals surface area contributed by atoms with Crippen LogP contribution in [0.5, 0.6) is 0 Å². The zero-order valence-electron chi connectivity index (χ0n) is 12.2. The van der Waals surface area contributed by atoms with Gasteiger partial charge in [-0.05, 0) is 57.1 Å². The summed E-state index contributed by atoms with van der Waals surface area (Å²) >= 11 is 0. The highest BCUT2D eigenvalue weighted by Crippen LogP contribution is 2.37. The summed E-state index contributed by atoms with van der Waals surface area (Å²) in [4.78, 5) is 0. The second-order valence-electron chi connectivity index (χ2n) is 5.93. The van der Waals surface area contributed by atoms with E-state index in [-0.39, 0.29) is 0 Å². The molecule has 3 nitrogen and oxygen atoms in total. The molecule has 2 N–H and O–H groups in total. The largest absolute Gasteiger partial charge is 0.330 e. The maximum Gasteiger partial charge on any atom is 0.0628 e. The van der Waals surface area contributed by atoms with Gasteiger partial charge in [0.25, 0.3) is 0 Å². The van der Waals surface area contributed by atoms with E-state index in [1.165, 1.54) is 36.2 Å². The number of aromatic nitrogens is 2. The lowest BCUT2D eigenvalue weighted by molar-refractivity contribution is 0.182. The predicted molar refractivity (Wildman–Crippen MR) is 75.7 cm³/mol. The molecule has 2 rings (SSSR count). The first-order valence-electron chi connectivity index (χ1n) is 7.33. The smallest absolute Gasteiger partial charge is 0.0628 e. The fourth-order valence-electron chi connectivity index (χ4n) is 3.52. The third kappa shape index (κ3) is 2.33. The second kappa shape index (κ2) is 5.43. The highest BCUT2D eigenvalue weighted by atomic mass is 15.3. The van der Waals surface area contributed by atoms with Crippen LogP contribution in [0.2, 0.25) is 0 Å². The molecule has 1 fully saturated rings. The van der Waals surface area contributed by atoms with Gasteiger partial charge < -0.3 is 5.73 Å². The van der Waals surface area contributed by atoms with Gasteiger partial charge in [0.1, 0.15) is 0 Å². The number of nitrogens with zero attached hydrogens (tertiary/aromatic N) is 2. The van der Waals surface area contributed by atoms with Gasteiger partial charge in [-0.15, -0.1) is 0 Å². The molecule has 0 aliphatic heterocycles. The molecule has 0 radical (unpaired) electrons. The topological polar surface area (TPSA) is 43.8 Å². The molecular weight excluding hydrogens is 222 g/mol. The summed E-state index contributed by atoms with van der Waals surface area (Å²) in [5, 5.41) is 4.80. The molecule has 1 aromatic rings. The minimum Gasteiger partial charge on any atom is -0.330 e. The van der Waals surface area contributed by atoms with Gasteiger partial charge in [0.2, 0.25) is 0 Å². The van der Waals surface area contributed by atoms with Crippen molar-refractivity contribution in [3.63, 3.8) is 0 Å². The Morgan fingerprint density at radius 2 is 2.06 bits per heavy atom. The number of hydrogen-bond acceptors (Lipinski definition) is 2. The van der Waals surface area contributed by atoms with Gasteiger partial charge >= 0.3 is 0 Å². The molecule has 3 atom stereocenters. The van der Waals surface area contributed by atoms with Crippen LogP contribution in [0.3, 0.4) is 0 Å². The lowest BCUT2D eigenvalue weighted by Crippen LogP contribution is -2.32. The highest BCUT2D eigenvalue weighted by Gasteiger charge is 2.31. The standard InChI is InChI=1S/C15H27N3/c1-5-14-11(3)17-18(12(14)4)15-8-10(2)6-7-13(15)9-16/h10,13,15H,5-9,16H2,1-4H3. The molecule has 1 aromatic heterocycles. The summed E-state index contributed by atoms with van der Waals surface area (Å²) in [7, 11) is 0. The second-order valence-corrected chi connectivity index (χ2v) is 5.93. The summed E-state index contributed by atoms with van der Waals surface area (Å²) in [6, 6.07) is 0.512. The average Bonchev–Trinajstić information content (AvgIpc) is 2.64. The Kier molecular flexibility index (Phi) is 4.10. The highest BCUT2D eigenvalue weighted by molar-refractivity contribution is 5.25. The van der Waals surface area contributed by atoms with Gasteiger partial charge in [0.15, 0.2) is 0 Å². The summed E-state index contributed by atoms with van der Waals surface area (Å²) in [5.41, 5.74) is 9.94. The number of aryl methyl sites for hydroxylation is 1. The minimum absolute atomic E-state index is 0.512. The van der Waals surface area contributed by atoms with Crippen LogP contribution < -0.4 is 5.73 Å². The van der Waals surface area contributed by atoms with Crippen LogP contribution >= 0.6 is 0 Å². The lowest BCUT2D eigenvalue weighted by atomic mass is 9.79. The van der Waals surface area contributed by atoms with E-state index in [2.05, 4.69) is 32.4 Å². The molecule has 0 amide bonds. The first-order chi connectivity index (χ1) is 8.58. The van der Waals surface area contributed by atoms with Crippen molar-refractivity contribution >= 4 is 0 Å². The van der Waals surface area contributed by atoms with Crippen molar-refractivity contribution in [1.29, 1.82) is 0 Å². The minimum atomic E-state index is 0.512. The molecule has 0 bridgehead atoms. The van der Waals surface area contributed by atoms with E-state index in [0.29, 0.717) is 12.0 Å². The summed E-state index contributed by atoms with van der Waals surface area (Å²) in [6.07, 6.45) is 4.88. The van der Waals surface area contributed by atoms with Crippen molar-refractivity contribution in [3.8, 4) is 0 Å². The summed E-state index contributed by atoms with van der Waals surface area (Å²) in [5.74, 6) is 1.40. The summed E-state index contributed by atoms with van der Waals surface area (Å²) in [6.45, 7) is 9.70. The van der Waals surface area contributed by atoms with Crippen LogP contribution in [0.25, 0.3) is 0 Å². The zero-order chi connectivity index (χ0) is 13.3. The molecule has 0 aromatic carbocycles. The maximum absolute atomic E-state index is 5.96. The predicted octanol–water partition coefficient (Wildman–Crippen LogP) is 3.00. The zero-order valence-corrected chi connectivity index (χ0v) is 12.2. The normalized spacial score (nSPS) is 28.6. The Bertz CT molecular complexity index is 408. The molecule has 1 heterocycles. The van der Waals surface area contributed by atoms with Crippen LogP contribution in [0.4, 0.5) is 0 Å². The number of hydrogen-bond donors (Lipinski definition) is 1. The first kappa shape index (κ1) is 13.6. The molecule has 0 saturated heterocycles. The van der Waals surface area contributed by atoms with E-state index in [1.807, 2.05) is 0 Å². The van der Waals surface area contributed by atoms with E-state index in [1.54, 1.807) is 0 Å². The average molecular weight is 249 g/mol. The Hall–Kier alpha value is -0.830. The van der Waals surface area contributed by atoms with Crippen LogP contribution in [0, 0.1) is 25.7 Å². The monoisotopic (exact) mass is 249 g/mol. The van der Waals surface area contributed by atoms with Crippen LogP contribution in [0.15, 0.2) is 0 Å². The maximum atomic E-state index is 5.96. The van der Waals surface area contributed by atoms with Gasteiger partial charge in [0.05, 0.1) is 11.7 Å². The van der Waals surface area contributed by atoms with Gasteiger partial charge in [0, 0.05) is 5.69 Å². The van der Waals surface area contributed by atoms with Crippen LogP contribution in [-0.2, 0) is 6.42 Å². The molecule has 0 spiro atoms. The Morgan fingerprint density at radius 3 is 2.61 bits per heavy atom. The Morgan fingerprint density at radius 1 is 1.33 bits per heavy atom. The van der Waals surface area contributed by atoms with Crippen LogP contribution in [0.1, 0.15) is 56.1 Å². The van der Waals surface area contributed by atoms with E-state index in [4.69, 9.17) is 10.8 Å². The fraction of sp³-hybridized carbons (Fsp3) is 0.800. The third-order valence-electron chi connectivity index (χ3n) is 4.66. The van der Waals surface area contributed by atoms with E-state index < -0.39 is 0 Å². The van der Waals surface area contributed by atoms with E-state index in [0.717, 1.165) is 18.9 Å². The molecule has 1 aliphatic rings. The van der Waals surface area contributed by atoms with Crippen molar-refractivity contribution < 1.29 is 0 Å².